The lowest BCUT2D eigenvalue weighted by atomic mass is 9.65. The van der Waals surface area contributed by atoms with Crippen LogP contribution in [-0.4, -0.2) is 26.3 Å². The number of rotatable bonds is 2. The molecule has 0 amide bonds. The second-order valence-electron chi connectivity index (χ2n) is 5.75. The maximum absolute atomic E-state index is 12.6. The number of hydrogen-bond acceptors (Lipinski definition) is 2. The minimum atomic E-state index is -4.27. The first-order valence-electron chi connectivity index (χ1n) is 6.99. The highest BCUT2D eigenvalue weighted by Crippen LogP contribution is 2.44. The van der Waals surface area contributed by atoms with Crippen molar-refractivity contribution in [1.29, 1.82) is 0 Å². The van der Waals surface area contributed by atoms with Gasteiger partial charge in [0.15, 0.2) is 0 Å². The normalized spacial score (nSPS) is 23.4. The molecule has 2 heterocycles. The Kier molecular flexibility index (Phi) is 3.50. The zero-order chi connectivity index (χ0) is 14.2. The smallest absolute Gasteiger partial charge is 0.379 e. The van der Waals surface area contributed by atoms with Gasteiger partial charge in [-0.25, -0.2) is 0 Å². The van der Waals surface area contributed by atoms with Gasteiger partial charge in [0.1, 0.15) is 0 Å². The molecule has 2 saturated heterocycles. The first kappa shape index (κ1) is 13.9. The number of nitrogens with one attached hydrogen (secondary N) is 1. The molecule has 0 aliphatic carbocycles. The van der Waals surface area contributed by atoms with Crippen molar-refractivity contribution in [2.75, 3.05) is 26.3 Å². The molecule has 0 atom stereocenters. The number of hydrogen-bond donors (Lipinski definition) is 1. The number of ether oxygens (including phenoxy) is 1. The summed E-state index contributed by atoms with van der Waals surface area (Å²) in [4.78, 5) is 0. The van der Waals surface area contributed by atoms with Crippen molar-refractivity contribution in [3.8, 4) is 0 Å². The van der Waals surface area contributed by atoms with Gasteiger partial charge in [0.05, 0.1) is 18.8 Å². The van der Waals surface area contributed by atoms with Crippen LogP contribution in [0.1, 0.15) is 24.0 Å². The lowest BCUT2D eigenvalue weighted by molar-refractivity contribution is -0.137. The summed E-state index contributed by atoms with van der Waals surface area (Å²) in [6.45, 7) is 3.21. The molecule has 2 aliphatic heterocycles. The van der Waals surface area contributed by atoms with Gasteiger partial charge in [-0.05, 0) is 49.5 Å². The Labute approximate surface area is 116 Å². The molecule has 0 bridgehead atoms. The SMILES string of the molecule is FC(F)(F)c1ccc(C2(C3CCNCC3)COC2)cc1. The molecule has 1 N–H and O–H groups in total. The summed E-state index contributed by atoms with van der Waals surface area (Å²) in [5.41, 5.74) is 0.331. The predicted octanol–water partition coefficient (Wildman–Crippen LogP) is 2.97. The van der Waals surface area contributed by atoms with E-state index in [0.29, 0.717) is 19.1 Å². The van der Waals surface area contributed by atoms with Crippen LogP contribution in [0.4, 0.5) is 13.2 Å². The fourth-order valence-electron chi connectivity index (χ4n) is 3.33. The van der Waals surface area contributed by atoms with Crippen LogP contribution >= 0.6 is 0 Å². The fraction of sp³-hybridized carbons (Fsp3) is 0.600. The zero-order valence-corrected chi connectivity index (χ0v) is 11.2. The highest BCUT2D eigenvalue weighted by molar-refractivity contribution is 5.33. The molecular weight excluding hydrogens is 267 g/mol. The molecule has 1 aromatic rings. The Morgan fingerprint density at radius 1 is 1.05 bits per heavy atom. The van der Waals surface area contributed by atoms with Crippen LogP contribution < -0.4 is 5.32 Å². The van der Waals surface area contributed by atoms with Gasteiger partial charge in [-0.1, -0.05) is 12.1 Å². The van der Waals surface area contributed by atoms with Crippen molar-refractivity contribution in [3.05, 3.63) is 35.4 Å². The molecule has 2 nitrogen and oxygen atoms in total. The molecule has 0 aromatic heterocycles. The van der Waals surface area contributed by atoms with Crippen LogP contribution in [-0.2, 0) is 16.3 Å². The Balaban J connectivity index is 1.85. The third-order valence-electron chi connectivity index (χ3n) is 4.63. The molecule has 0 saturated carbocycles. The van der Waals surface area contributed by atoms with E-state index in [4.69, 9.17) is 4.74 Å². The van der Waals surface area contributed by atoms with Gasteiger partial charge in [-0.15, -0.1) is 0 Å². The van der Waals surface area contributed by atoms with Gasteiger partial charge in [0.25, 0.3) is 0 Å². The summed E-state index contributed by atoms with van der Waals surface area (Å²) in [5, 5.41) is 3.33. The van der Waals surface area contributed by atoms with E-state index < -0.39 is 11.7 Å². The Morgan fingerprint density at radius 3 is 2.10 bits per heavy atom. The summed E-state index contributed by atoms with van der Waals surface area (Å²) in [6, 6.07) is 5.65. The van der Waals surface area contributed by atoms with Gasteiger partial charge >= 0.3 is 6.18 Å². The lowest BCUT2D eigenvalue weighted by Crippen LogP contribution is -2.54. The van der Waals surface area contributed by atoms with E-state index in [-0.39, 0.29) is 5.41 Å². The molecule has 0 radical (unpaired) electrons. The molecule has 0 spiro atoms. The second-order valence-corrected chi connectivity index (χ2v) is 5.75. The van der Waals surface area contributed by atoms with Gasteiger partial charge in [-0.2, -0.15) is 13.2 Å². The summed E-state index contributed by atoms with van der Waals surface area (Å²) in [7, 11) is 0. The van der Waals surface area contributed by atoms with Crippen molar-refractivity contribution in [3.63, 3.8) is 0 Å². The van der Waals surface area contributed by atoms with Crippen molar-refractivity contribution < 1.29 is 17.9 Å². The van der Waals surface area contributed by atoms with Crippen molar-refractivity contribution >= 4 is 0 Å². The molecule has 1 aromatic carbocycles. The summed E-state index contributed by atoms with van der Waals surface area (Å²) in [6.07, 6.45) is -2.15. The predicted molar refractivity (Wildman–Crippen MR) is 69.5 cm³/mol. The molecule has 20 heavy (non-hydrogen) atoms. The standard InChI is InChI=1S/C15H18F3NO/c16-15(17,18)13-3-1-11(2-4-13)14(9-20-10-14)12-5-7-19-8-6-12/h1-4,12,19H,5-10H2. The van der Waals surface area contributed by atoms with Crippen LogP contribution in [0.2, 0.25) is 0 Å². The maximum atomic E-state index is 12.6. The molecule has 0 unspecified atom stereocenters. The minimum absolute atomic E-state index is 0.0772. The fourth-order valence-corrected chi connectivity index (χ4v) is 3.33. The van der Waals surface area contributed by atoms with Crippen LogP contribution in [0.15, 0.2) is 24.3 Å². The van der Waals surface area contributed by atoms with E-state index in [0.717, 1.165) is 31.5 Å². The topological polar surface area (TPSA) is 21.3 Å². The van der Waals surface area contributed by atoms with E-state index >= 15 is 0 Å². The largest absolute Gasteiger partial charge is 0.416 e. The molecular formula is C15H18F3NO. The molecule has 5 heteroatoms. The number of halogens is 3. The zero-order valence-electron chi connectivity index (χ0n) is 11.2. The van der Waals surface area contributed by atoms with Crippen LogP contribution in [0, 0.1) is 5.92 Å². The molecule has 110 valence electrons. The van der Waals surface area contributed by atoms with E-state index in [1.54, 1.807) is 12.1 Å². The van der Waals surface area contributed by atoms with Crippen LogP contribution in [0.3, 0.4) is 0 Å². The number of alkyl halides is 3. The Hall–Kier alpha value is -1.07. The maximum Gasteiger partial charge on any atom is 0.416 e. The first-order chi connectivity index (χ1) is 9.52. The average Bonchev–Trinajstić information content (AvgIpc) is 2.38. The minimum Gasteiger partial charge on any atom is -0.379 e. The summed E-state index contributed by atoms with van der Waals surface area (Å²) >= 11 is 0. The van der Waals surface area contributed by atoms with Gasteiger partial charge < -0.3 is 10.1 Å². The highest BCUT2D eigenvalue weighted by atomic mass is 19.4. The van der Waals surface area contributed by atoms with Gasteiger partial charge in [0, 0.05) is 5.41 Å². The van der Waals surface area contributed by atoms with E-state index in [2.05, 4.69) is 5.32 Å². The Bertz CT molecular complexity index is 459. The van der Waals surface area contributed by atoms with Crippen molar-refractivity contribution in [2.24, 2.45) is 5.92 Å². The summed E-state index contributed by atoms with van der Waals surface area (Å²) in [5.74, 6) is 0.495. The lowest BCUT2D eigenvalue weighted by Gasteiger charge is -2.49. The van der Waals surface area contributed by atoms with E-state index in [9.17, 15) is 13.2 Å². The molecule has 2 fully saturated rings. The monoisotopic (exact) mass is 285 g/mol. The van der Waals surface area contributed by atoms with E-state index in [1.165, 1.54) is 12.1 Å². The quantitative estimate of drug-likeness (QED) is 0.902. The third-order valence-corrected chi connectivity index (χ3v) is 4.63. The highest BCUT2D eigenvalue weighted by Gasteiger charge is 2.47. The second kappa shape index (κ2) is 5.04. The van der Waals surface area contributed by atoms with Crippen molar-refractivity contribution in [2.45, 2.75) is 24.4 Å². The molecule has 2 aliphatic rings. The van der Waals surface area contributed by atoms with Crippen molar-refractivity contribution in [1.82, 2.24) is 5.32 Å². The summed E-state index contributed by atoms with van der Waals surface area (Å²) < 4.78 is 43.3. The van der Waals surface area contributed by atoms with Crippen LogP contribution in [0.25, 0.3) is 0 Å². The number of piperidine rings is 1. The van der Waals surface area contributed by atoms with Gasteiger partial charge in [0.2, 0.25) is 0 Å². The van der Waals surface area contributed by atoms with E-state index in [1.807, 2.05) is 0 Å². The average molecular weight is 285 g/mol. The van der Waals surface area contributed by atoms with Gasteiger partial charge in [-0.3, -0.25) is 0 Å². The third kappa shape index (κ3) is 2.33. The number of benzene rings is 1. The Morgan fingerprint density at radius 2 is 1.65 bits per heavy atom. The first-order valence-corrected chi connectivity index (χ1v) is 6.99. The van der Waals surface area contributed by atoms with Crippen LogP contribution in [0.5, 0.6) is 0 Å². The molecule has 3 rings (SSSR count).